The molecule has 0 saturated carbocycles. The first-order chi connectivity index (χ1) is 19.1. The summed E-state index contributed by atoms with van der Waals surface area (Å²) >= 11 is 5.56. The largest absolute Gasteiger partial charge is 1.00 e. The Morgan fingerprint density at radius 2 is 2.12 bits per heavy atom. The number of nitrogens with zero attached hydrogens (tertiary/aromatic N) is 1. The van der Waals surface area contributed by atoms with Gasteiger partial charge in [-0.15, -0.1) is 0 Å². The van der Waals surface area contributed by atoms with Crippen LogP contribution in [0.3, 0.4) is 0 Å². The van der Waals surface area contributed by atoms with Crippen molar-refractivity contribution < 1.29 is 77.6 Å². The molecule has 1 aromatic carbocycles. The monoisotopic (exact) mass is 647 g/mol. The Bertz CT molecular complexity index is 1300. The fourth-order valence-corrected chi connectivity index (χ4v) is 6.12. The number of nitrogen functional groups attached to an aromatic ring is 1. The maximum Gasteiger partial charge on any atom is 1.00 e. The third-order valence-corrected chi connectivity index (χ3v) is 8.21. The Hall–Kier alpha value is -1.71. The van der Waals surface area contributed by atoms with Gasteiger partial charge in [-0.2, -0.15) is 0 Å². The summed E-state index contributed by atoms with van der Waals surface area (Å²) in [5.41, 5.74) is 12.6. The number of carbonyl (C=O) groups excluding carboxylic acids is 1. The van der Waals surface area contributed by atoms with Crippen LogP contribution in [-0.2, 0) is 16.0 Å². The minimum atomic E-state index is -1.10. The molecular weight excluding hydrogens is 608 g/mol. The molecule has 4 N–H and O–H groups in total. The van der Waals surface area contributed by atoms with Crippen molar-refractivity contribution in [2.75, 3.05) is 12.3 Å². The molecule has 0 bridgehead atoms. The number of carboxylic acids is 1. The van der Waals surface area contributed by atoms with Gasteiger partial charge >= 0.3 is 64.2 Å². The fraction of sp³-hybridized carbons (Fsp3) is 0.438. The Morgan fingerprint density at radius 1 is 1.37 bits per heavy atom. The van der Waals surface area contributed by atoms with Gasteiger partial charge in [0.25, 0.3) is 5.17 Å². The molecule has 3 atom stereocenters. The van der Waals surface area contributed by atoms with E-state index in [-0.39, 0.29) is 92.8 Å². The molecule has 3 aliphatic rings. The number of benzene rings is 1. The second-order valence-electron chi connectivity index (χ2n) is 11.1. The SMILES string of the molecule is C=C(C)[C@@H]1CCC(C)=C[C@H]1c1c(N)cc(CCCCC)cc1OC(=S)NC/C=C/C1=C(C(=O)O)N2C(=O)[CH-]C2C1.[Rb+]. The van der Waals surface area contributed by atoms with Gasteiger partial charge in [0, 0.05) is 23.7 Å². The van der Waals surface area contributed by atoms with Crippen molar-refractivity contribution in [1.82, 2.24) is 10.2 Å². The number of fused-ring (bicyclic) bond motifs is 1. The van der Waals surface area contributed by atoms with E-state index in [4.69, 9.17) is 22.7 Å². The number of carbonyl (C=O) groups is 2. The molecule has 1 unspecified atom stereocenters. The van der Waals surface area contributed by atoms with E-state index in [1.807, 2.05) is 0 Å². The second kappa shape index (κ2) is 15.1. The van der Waals surface area contributed by atoms with Crippen LogP contribution in [0.1, 0.15) is 76.3 Å². The van der Waals surface area contributed by atoms with Crippen LogP contribution in [0.25, 0.3) is 0 Å². The molecule has 0 radical (unpaired) electrons. The summed E-state index contributed by atoms with van der Waals surface area (Å²) in [6, 6.07) is 3.98. The van der Waals surface area contributed by atoms with Crippen LogP contribution in [0.2, 0.25) is 0 Å². The van der Waals surface area contributed by atoms with Crippen molar-refractivity contribution in [1.29, 1.82) is 0 Å². The van der Waals surface area contributed by atoms with Gasteiger partial charge in [0.05, 0.1) is 5.91 Å². The summed E-state index contributed by atoms with van der Waals surface area (Å²) in [6.45, 7) is 11.0. The van der Waals surface area contributed by atoms with E-state index < -0.39 is 5.97 Å². The van der Waals surface area contributed by atoms with Gasteiger partial charge in [-0.3, -0.25) is 6.42 Å². The zero-order valence-electron chi connectivity index (χ0n) is 24.7. The molecule has 4 rings (SSSR count). The molecule has 1 aromatic rings. The average Bonchev–Trinajstić information content (AvgIpc) is 3.18. The summed E-state index contributed by atoms with van der Waals surface area (Å²) in [4.78, 5) is 24.8. The van der Waals surface area contributed by atoms with Crippen molar-refractivity contribution in [2.45, 2.75) is 77.7 Å². The quantitative estimate of drug-likeness (QED) is 0.0847. The minimum Gasteiger partial charge on any atom is -0.477 e. The Kier molecular flexibility index (Phi) is 12.5. The number of allylic oxidation sites excluding steroid dienone is 4. The van der Waals surface area contributed by atoms with Gasteiger partial charge in [-0.25, -0.2) is 4.79 Å². The molecule has 214 valence electrons. The number of unbranched alkanes of at least 4 members (excludes halogenated alkanes) is 2. The van der Waals surface area contributed by atoms with Gasteiger partial charge in [-0.05, 0) is 87.4 Å². The second-order valence-corrected chi connectivity index (χ2v) is 11.5. The maximum atomic E-state index is 11.8. The summed E-state index contributed by atoms with van der Waals surface area (Å²) < 4.78 is 6.26. The molecule has 41 heavy (non-hydrogen) atoms. The number of amides is 1. The molecule has 1 saturated heterocycles. The van der Waals surface area contributed by atoms with Gasteiger partial charge < -0.3 is 30.6 Å². The zero-order valence-corrected chi connectivity index (χ0v) is 30.4. The third kappa shape index (κ3) is 8.02. The van der Waals surface area contributed by atoms with Crippen LogP contribution in [0.5, 0.6) is 5.75 Å². The number of β-lactam (4-membered cyclic amide) rings is 1. The van der Waals surface area contributed by atoms with Crippen molar-refractivity contribution in [3.63, 3.8) is 0 Å². The summed E-state index contributed by atoms with van der Waals surface area (Å²) in [5, 5.41) is 12.9. The summed E-state index contributed by atoms with van der Waals surface area (Å²) in [5.74, 6) is -0.369. The predicted octanol–water partition coefficient (Wildman–Crippen LogP) is 2.99. The molecular formula is C32H40N3O4RbS. The van der Waals surface area contributed by atoms with Crippen LogP contribution < -0.4 is 74.0 Å². The fourth-order valence-electron chi connectivity index (χ4n) is 5.95. The van der Waals surface area contributed by atoms with E-state index in [2.05, 4.69) is 50.9 Å². The number of thiocarbonyl (C=S) groups is 1. The maximum absolute atomic E-state index is 11.8. The van der Waals surface area contributed by atoms with Crippen LogP contribution in [0, 0.1) is 12.3 Å². The molecule has 2 heterocycles. The number of carboxylic acid groups (broad SMARTS) is 1. The van der Waals surface area contributed by atoms with E-state index in [1.54, 1.807) is 18.6 Å². The van der Waals surface area contributed by atoms with Crippen molar-refractivity contribution >= 4 is 35.0 Å². The topological polar surface area (TPSA) is 105 Å². The predicted molar refractivity (Wildman–Crippen MR) is 163 cm³/mol. The number of ether oxygens (including phenoxy) is 1. The van der Waals surface area contributed by atoms with Crippen LogP contribution in [0.4, 0.5) is 5.69 Å². The van der Waals surface area contributed by atoms with Crippen molar-refractivity contribution in [2.24, 2.45) is 5.92 Å². The Morgan fingerprint density at radius 3 is 2.78 bits per heavy atom. The smallest absolute Gasteiger partial charge is 0.477 e. The van der Waals surface area contributed by atoms with Gasteiger partial charge in [0.2, 0.25) is 0 Å². The van der Waals surface area contributed by atoms with Crippen LogP contribution in [-0.4, -0.2) is 39.6 Å². The molecule has 1 fully saturated rings. The van der Waals surface area contributed by atoms with Crippen molar-refractivity contribution in [3.8, 4) is 5.75 Å². The van der Waals surface area contributed by atoms with Gasteiger partial charge in [0.1, 0.15) is 11.4 Å². The number of nitrogens with two attached hydrogens (primary N) is 1. The van der Waals surface area contributed by atoms with Crippen LogP contribution in [0.15, 0.2) is 59.4 Å². The third-order valence-electron chi connectivity index (χ3n) is 7.98. The average molecular weight is 648 g/mol. The molecule has 0 aromatic heterocycles. The Balaban J connectivity index is 0.00000462. The molecule has 1 aliphatic carbocycles. The molecule has 7 nitrogen and oxygen atoms in total. The number of rotatable bonds is 11. The molecule has 1 amide bonds. The first-order valence-electron chi connectivity index (χ1n) is 14.1. The van der Waals surface area contributed by atoms with E-state index in [0.29, 0.717) is 30.0 Å². The molecule has 2 aliphatic heterocycles. The molecule has 0 spiro atoms. The van der Waals surface area contributed by atoms with E-state index in [1.165, 1.54) is 10.5 Å². The summed E-state index contributed by atoms with van der Waals surface area (Å²) in [6.07, 6.45) is 14.2. The number of hydrogen-bond donors (Lipinski definition) is 3. The van der Waals surface area contributed by atoms with Crippen LogP contribution >= 0.6 is 12.2 Å². The van der Waals surface area contributed by atoms with E-state index in [9.17, 15) is 14.7 Å². The van der Waals surface area contributed by atoms with Crippen molar-refractivity contribution in [3.05, 3.63) is 76.9 Å². The standard InChI is InChI=1S/C32H40N3O4S.Rb/c1-5-6-7-9-21-15-26(33)29(25-14-20(4)11-12-24(25)19(2)3)27(16-21)39-32(40)34-13-8-10-22-17-23-18-28(36)35(23)30(22)31(37)38;/h8,10,14-16,18,23-25H,2,5-7,9,11-13,17,33H2,1,3-4H3,(H,34,40)(H,37,38);/q-1;+1/b10-8+;/t23?,24-,25+;/m0./s1. The van der Waals surface area contributed by atoms with E-state index in [0.717, 1.165) is 55.2 Å². The number of hydrogen-bond acceptors (Lipinski definition) is 5. The normalized spacial score (nSPS) is 21.4. The summed E-state index contributed by atoms with van der Waals surface area (Å²) in [7, 11) is 0. The number of anilines is 1. The zero-order chi connectivity index (χ0) is 29.0. The minimum absolute atomic E-state index is 0. The number of aliphatic carboxylic acids is 1. The number of aryl methyl sites for hydroxylation is 1. The van der Waals surface area contributed by atoms with Gasteiger partial charge in [0.15, 0.2) is 0 Å². The first kappa shape index (κ1) is 33.8. The Labute approximate surface area is 298 Å². The molecule has 9 heteroatoms. The van der Waals surface area contributed by atoms with Gasteiger partial charge in [-0.1, -0.05) is 61.8 Å². The van der Waals surface area contributed by atoms with E-state index >= 15 is 0 Å². The number of nitrogens with one attached hydrogen (secondary N) is 1. The first-order valence-corrected chi connectivity index (χ1v) is 14.5.